The van der Waals surface area contributed by atoms with E-state index in [0.717, 1.165) is 21.9 Å². The van der Waals surface area contributed by atoms with Gasteiger partial charge in [0, 0.05) is 10.4 Å². The van der Waals surface area contributed by atoms with Gasteiger partial charge in [0.2, 0.25) is 0 Å². The van der Waals surface area contributed by atoms with Gasteiger partial charge in [-0.05, 0) is 37.6 Å². The number of hydrogen-bond donors (Lipinski definition) is 1. The van der Waals surface area contributed by atoms with E-state index in [-0.39, 0.29) is 5.41 Å². The highest BCUT2D eigenvalue weighted by atomic mass is 35.5. The highest BCUT2D eigenvalue weighted by Crippen LogP contribution is 2.31. The molecule has 1 heterocycles. The average Bonchev–Trinajstić information content (AvgIpc) is 2.83. The molecule has 3 heteroatoms. The van der Waals surface area contributed by atoms with Gasteiger partial charge in [0.25, 0.3) is 0 Å². The minimum Gasteiger partial charge on any atom is -0.341 e. The summed E-state index contributed by atoms with van der Waals surface area (Å²) in [5.74, 6) is 0.955. The average molecular weight is 271 g/mol. The summed E-state index contributed by atoms with van der Waals surface area (Å²) < 4.78 is 0. The van der Waals surface area contributed by atoms with Gasteiger partial charge in [0.1, 0.15) is 5.82 Å². The van der Waals surface area contributed by atoms with Crippen LogP contribution in [0.4, 0.5) is 0 Å². The molecule has 0 aliphatic carbocycles. The van der Waals surface area contributed by atoms with Crippen LogP contribution >= 0.6 is 11.6 Å². The molecule has 0 atom stereocenters. The summed E-state index contributed by atoms with van der Waals surface area (Å²) in [7, 11) is 0. The van der Waals surface area contributed by atoms with Crippen LogP contribution in [0.5, 0.6) is 0 Å². The minimum absolute atomic E-state index is 0.160. The maximum atomic E-state index is 6.01. The lowest BCUT2D eigenvalue weighted by atomic mass is 9.84. The van der Waals surface area contributed by atoms with E-state index in [4.69, 9.17) is 11.6 Å². The van der Waals surface area contributed by atoms with Crippen molar-refractivity contribution in [3.05, 3.63) is 64.9 Å². The molecule has 0 spiro atoms. The molecule has 0 fully saturated rings. The molecule has 0 amide bonds. The van der Waals surface area contributed by atoms with Gasteiger partial charge in [-0.2, -0.15) is 0 Å². The third kappa shape index (κ3) is 2.13. The van der Waals surface area contributed by atoms with E-state index in [1.807, 2.05) is 24.3 Å². The molecule has 2 nitrogen and oxygen atoms in total. The first-order valence-electron chi connectivity index (χ1n) is 6.28. The van der Waals surface area contributed by atoms with Crippen LogP contribution in [0, 0.1) is 0 Å². The quantitative estimate of drug-likeness (QED) is 0.727. The van der Waals surface area contributed by atoms with Crippen molar-refractivity contribution in [2.75, 3.05) is 0 Å². The summed E-state index contributed by atoms with van der Waals surface area (Å²) in [6, 6.07) is 16.1. The Kier molecular flexibility index (Phi) is 2.83. The smallest absolute Gasteiger partial charge is 0.117 e. The molecular weight excluding hydrogens is 256 g/mol. The lowest BCUT2D eigenvalue weighted by molar-refractivity contribution is 0.601. The van der Waals surface area contributed by atoms with Crippen LogP contribution in [0.3, 0.4) is 0 Å². The second kappa shape index (κ2) is 4.39. The predicted molar refractivity (Wildman–Crippen MR) is 79.7 cm³/mol. The number of fused-ring (bicyclic) bond motifs is 1. The fourth-order valence-corrected chi connectivity index (χ4v) is 2.44. The van der Waals surface area contributed by atoms with Crippen molar-refractivity contribution in [2.45, 2.75) is 19.3 Å². The van der Waals surface area contributed by atoms with E-state index in [9.17, 15) is 0 Å². The Morgan fingerprint density at radius 1 is 1.05 bits per heavy atom. The van der Waals surface area contributed by atoms with Gasteiger partial charge in [-0.1, -0.05) is 41.9 Å². The van der Waals surface area contributed by atoms with Gasteiger partial charge in [0.15, 0.2) is 0 Å². The number of nitrogens with one attached hydrogen (secondary N) is 1. The van der Waals surface area contributed by atoms with E-state index in [0.29, 0.717) is 0 Å². The Labute approximate surface area is 117 Å². The second-order valence-corrected chi connectivity index (χ2v) is 5.67. The molecule has 0 radical (unpaired) electrons. The Morgan fingerprint density at radius 2 is 1.79 bits per heavy atom. The van der Waals surface area contributed by atoms with Gasteiger partial charge in [-0.25, -0.2) is 4.98 Å². The summed E-state index contributed by atoms with van der Waals surface area (Å²) in [4.78, 5) is 8.07. The largest absolute Gasteiger partial charge is 0.341 e. The van der Waals surface area contributed by atoms with Gasteiger partial charge in [-0.3, -0.25) is 0 Å². The van der Waals surface area contributed by atoms with Crippen molar-refractivity contribution in [1.29, 1.82) is 0 Å². The lowest BCUT2D eigenvalue weighted by Gasteiger charge is -2.22. The van der Waals surface area contributed by atoms with Crippen molar-refractivity contribution in [2.24, 2.45) is 0 Å². The van der Waals surface area contributed by atoms with E-state index in [1.165, 1.54) is 5.56 Å². The van der Waals surface area contributed by atoms with Crippen LogP contribution < -0.4 is 0 Å². The van der Waals surface area contributed by atoms with Crippen molar-refractivity contribution >= 4 is 22.6 Å². The molecule has 0 saturated carbocycles. The maximum Gasteiger partial charge on any atom is 0.117 e. The molecule has 0 unspecified atom stereocenters. The zero-order chi connectivity index (χ0) is 13.5. The van der Waals surface area contributed by atoms with E-state index < -0.39 is 0 Å². The van der Waals surface area contributed by atoms with Crippen molar-refractivity contribution in [1.82, 2.24) is 9.97 Å². The fraction of sp³-hybridized carbons (Fsp3) is 0.188. The van der Waals surface area contributed by atoms with Crippen LogP contribution in [0.2, 0.25) is 5.02 Å². The van der Waals surface area contributed by atoms with Crippen LogP contribution in [-0.2, 0) is 5.41 Å². The van der Waals surface area contributed by atoms with E-state index >= 15 is 0 Å². The topological polar surface area (TPSA) is 28.7 Å². The molecule has 0 aliphatic heterocycles. The fourth-order valence-electron chi connectivity index (χ4n) is 2.27. The zero-order valence-corrected chi connectivity index (χ0v) is 11.7. The third-order valence-corrected chi connectivity index (χ3v) is 3.77. The summed E-state index contributed by atoms with van der Waals surface area (Å²) in [6.45, 7) is 4.34. The minimum atomic E-state index is -0.160. The van der Waals surface area contributed by atoms with E-state index in [1.54, 1.807) is 0 Å². The van der Waals surface area contributed by atoms with Gasteiger partial charge in [0.05, 0.1) is 11.0 Å². The SMILES string of the molecule is CC(C)(c1ccccc1)c1nc2ccc(Cl)cc2[nH]1. The highest BCUT2D eigenvalue weighted by molar-refractivity contribution is 6.31. The summed E-state index contributed by atoms with van der Waals surface area (Å²) >= 11 is 6.01. The molecule has 2 aromatic carbocycles. The molecule has 0 bridgehead atoms. The number of nitrogens with zero attached hydrogens (tertiary/aromatic N) is 1. The molecular formula is C16H15ClN2. The Balaban J connectivity index is 2.13. The van der Waals surface area contributed by atoms with Crippen LogP contribution in [-0.4, -0.2) is 9.97 Å². The Bertz CT molecular complexity index is 714. The number of halogens is 1. The molecule has 1 aromatic heterocycles. The Morgan fingerprint density at radius 3 is 2.53 bits per heavy atom. The summed E-state index contributed by atoms with van der Waals surface area (Å²) in [6.07, 6.45) is 0. The summed E-state index contributed by atoms with van der Waals surface area (Å²) in [5.41, 5.74) is 3.00. The van der Waals surface area contributed by atoms with Crippen LogP contribution in [0.25, 0.3) is 11.0 Å². The number of imidazole rings is 1. The first-order valence-corrected chi connectivity index (χ1v) is 6.66. The standard InChI is InChI=1S/C16H15ClN2/c1-16(2,11-6-4-3-5-7-11)15-18-13-9-8-12(17)10-14(13)19-15/h3-10H,1-2H3,(H,18,19). The maximum absolute atomic E-state index is 6.01. The number of aromatic amines is 1. The number of H-pyrrole nitrogens is 1. The van der Waals surface area contributed by atoms with Crippen molar-refractivity contribution in [3.8, 4) is 0 Å². The number of aromatic nitrogens is 2. The normalized spacial score (nSPS) is 11.9. The summed E-state index contributed by atoms with van der Waals surface area (Å²) in [5, 5.41) is 0.722. The number of hydrogen-bond acceptors (Lipinski definition) is 1. The second-order valence-electron chi connectivity index (χ2n) is 5.24. The lowest BCUT2D eigenvalue weighted by Crippen LogP contribution is -2.20. The molecule has 1 N–H and O–H groups in total. The predicted octanol–water partition coefficient (Wildman–Crippen LogP) is 4.54. The first-order chi connectivity index (χ1) is 9.07. The first kappa shape index (κ1) is 12.2. The third-order valence-electron chi connectivity index (χ3n) is 3.53. The molecule has 3 rings (SSSR count). The van der Waals surface area contributed by atoms with Crippen LogP contribution in [0.15, 0.2) is 48.5 Å². The number of benzene rings is 2. The van der Waals surface area contributed by atoms with Crippen molar-refractivity contribution < 1.29 is 0 Å². The molecule has 0 saturated heterocycles. The molecule has 3 aromatic rings. The van der Waals surface area contributed by atoms with Gasteiger partial charge < -0.3 is 4.98 Å². The molecule has 19 heavy (non-hydrogen) atoms. The van der Waals surface area contributed by atoms with E-state index in [2.05, 4.69) is 48.1 Å². The van der Waals surface area contributed by atoms with Crippen molar-refractivity contribution in [3.63, 3.8) is 0 Å². The van der Waals surface area contributed by atoms with Crippen LogP contribution in [0.1, 0.15) is 25.2 Å². The number of rotatable bonds is 2. The van der Waals surface area contributed by atoms with Gasteiger partial charge in [-0.15, -0.1) is 0 Å². The zero-order valence-electron chi connectivity index (χ0n) is 10.9. The highest BCUT2D eigenvalue weighted by Gasteiger charge is 2.26. The monoisotopic (exact) mass is 270 g/mol. The van der Waals surface area contributed by atoms with Gasteiger partial charge >= 0.3 is 0 Å². The Hall–Kier alpha value is -1.80. The molecule has 0 aliphatic rings. The molecule has 96 valence electrons.